The minimum absolute atomic E-state index is 0.294. The molecule has 1 unspecified atom stereocenters. The van der Waals surface area contributed by atoms with Gasteiger partial charge < -0.3 is 4.42 Å². The molecule has 54 heavy (non-hydrogen) atoms. The average molecular weight is 709 g/mol. The third-order valence-electron chi connectivity index (χ3n) is 12.2. The Morgan fingerprint density at radius 1 is 0.519 bits per heavy atom. The van der Waals surface area contributed by atoms with E-state index in [-0.39, 0.29) is 0 Å². The molecule has 0 saturated heterocycles. The Balaban J connectivity index is 1.32. The third-order valence-corrected chi connectivity index (χ3v) is 12.2. The van der Waals surface area contributed by atoms with E-state index in [1.807, 2.05) is 0 Å². The van der Waals surface area contributed by atoms with E-state index in [9.17, 15) is 0 Å². The molecule has 0 amide bonds. The highest BCUT2D eigenvalue weighted by Gasteiger charge is 2.63. The zero-order chi connectivity index (χ0) is 37.2. The first-order chi connectivity index (χ1) is 26.1. The fraction of sp³-hybridized carbons (Fsp3) is 0.265. The quantitative estimate of drug-likeness (QED) is 0.158. The van der Waals surface area contributed by atoms with Crippen LogP contribution < -0.4 is 9.13 Å². The maximum atomic E-state index is 6.76. The van der Waals surface area contributed by atoms with Crippen LogP contribution in [0.2, 0.25) is 0 Å². The van der Waals surface area contributed by atoms with Gasteiger partial charge in [0.15, 0.2) is 0 Å². The molecule has 0 radical (unpaired) electrons. The number of hydrogen-bond acceptors (Lipinski definition) is 1. The molecular formula is C49H48N4O+2. The van der Waals surface area contributed by atoms with E-state index in [0.717, 1.165) is 16.6 Å². The lowest BCUT2D eigenvalue weighted by atomic mass is 9.89. The summed E-state index contributed by atoms with van der Waals surface area (Å²) >= 11 is 0. The fourth-order valence-electron chi connectivity index (χ4n) is 9.78. The van der Waals surface area contributed by atoms with E-state index in [2.05, 4.69) is 196 Å². The number of fused-ring (bicyclic) bond motifs is 13. The summed E-state index contributed by atoms with van der Waals surface area (Å²) in [4.78, 5) is 0. The SMILES string of the molecule is CC(C)c1cccc(C(C)C)c1-n1cc[n+]2c1-c1ccccc1C21c2ccccc2-c2n(-c3c(C(C)C)cc(C(C)C)c4oc5ccccc5c34)cc[n+]21. The minimum Gasteiger partial charge on any atom is -0.456 e. The van der Waals surface area contributed by atoms with Crippen LogP contribution in [0.15, 0.2) is 126 Å². The Morgan fingerprint density at radius 2 is 1.02 bits per heavy atom. The maximum absolute atomic E-state index is 6.76. The number of aromatic nitrogens is 4. The first-order valence-corrected chi connectivity index (χ1v) is 19.7. The highest BCUT2D eigenvalue weighted by molar-refractivity contribution is 6.11. The largest absolute Gasteiger partial charge is 0.456 e. The van der Waals surface area contributed by atoms with Crippen molar-refractivity contribution in [1.82, 2.24) is 9.13 Å². The van der Waals surface area contributed by atoms with Crippen molar-refractivity contribution in [2.75, 3.05) is 0 Å². The van der Waals surface area contributed by atoms with Crippen LogP contribution in [0.25, 0.3) is 56.1 Å². The van der Waals surface area contributed by atoms with Crippen molar-refractivity contribution in [3.8, 4) is 34.2 Å². The molecule has 268 valence electrons. The summed E-state index contributed by atoms with van der Waals surface area (Å²) in [5.41, 5.74) is 14.2. The second-order valence-electron chi connectivity index (χ2n) is 16.6. The number of para-hydroxylation sites is 2. The van der Waals surface area contributed by atoms with Gasteiger partial charge in [0.25, 0.3) is 11.6 Å². The van der Waals surface area contributed by atoms with Crippen LogP contribution in [0.3, 0.4) is 0 Å². The van der Waals surface area contributed by atoms with E-state index in [4.69, 9.17) is 4.42 Å². The highest BCUT2D eigenvalue weighted by atomic mass is 16.3. The molecule has 0 aliphatic carbocycles. The monoisotopic (exact) mass is 708 g/mol. The maximum Gasteiger partial charge on any atom is 0.308 e. The summed E-state index contributed by atoms with van der Waals surface area (Å²) in [6, 6.07) is 36.0. The lowest BCUT2D eigenvalue weighted by Crippen LogP contribution is -2.70. The van der Waals surface area contributed by atoms with Crippen LogP contribution in [0.4, 0.5) is 0 Å². The van der Waals surface area contributed by atoms with Crippen LogP contribution in [-0.2, 0) is 5.66 Å². The Labute approximate surface area is 317 Å². The normalized spacial score (nSPS) is 15.8. The number of nitrogens with zero attached hydrogens (tertiary/aromatic N) is 4. The molecule has 0 saturated carbocycles. The third kappa shape index (κ3) is 4.15. The molecule has 8 aromatic rings. The molecule has 10 rings (SSSR count). The van der Waals surface area contributed by atoms with Gasteiger partial charge in [-0.15, -0.1) is 0 Å². The van der Waals surface area contributed by atoms with Crippen molar-refractivity contribution < 1.29 is 13.6 Å². The average Bonchev–Trinajstić information content (AvgIpc) is 3.98. The Morgan fingerprint density at radius 3 is 1.57 bits per heavy atom. The fourth-order valence-corrected chi connectivity index (χ4v) is 9.78. The molecule has 0 bridgehead atoms. The van der Waals surface area contributed by atoms with Gasteiger partial charge in [-0.2, -0.15) is 18.3 Å². The summed E-state index contributed by atoms with van der Waals surface area (Å²) in [7, 11) is 0. The van der Waals surface area contributed by atoms with E-state index in [0.29, 0.717) is 23.7 Å². The molecule has 0 N–H and O–H groups in total. The molecule has 0 fully saturated rings. The van der Waals surface area contributed by atoms with E-state index < -0.39 is 5.66 Å². The summed E-state index contributed by atoms with van der Waals surface area (Å²) in [5, 5.41) is 2.35. The van der Waals surface area contributed by atoms with Crippen molar-refractivity contribution in [2.24, 2.45) is 0 Å². The molecule has 1 spiro atoms. The molecule has 2 aliphatic rings. The van der Waals surface area contributed by atoms with Crippen LogP contribution in [0, 0.1) is 0 Å². The van der Waals surface area contributed by atoms with Gasteiger partial charge in [0.05, 0.1) is 27.6 Å². The van der Waals surface area contributed by atoms with Crippen LogP contribution in [0.5, 0.6) is 0 Å². The van der Waals surface area contributed by atoms with Gasteiger partial charge >= 0.3 is 5.66 Å². The van der Waals surface area contributed by atoms with Crippen LogP contribution in [-0.4, -0.2) is 9.13 Å². The minimum atomic E-state index is -0.618. The van der Waals surface area contributed by atoms with Crippen molar-refractivity contribution in [2.45, 2.75) is 84.7 Å². The van der Waals surface area contributed by atoms with Crippen LogP contribution >= 0.6 is 0 Å². The van der Waals surface area contributed by atoms with Crippen molar-refractivity contribution >= 4 is 21.9 Å². The summed E-state index contributed by atoms with van der Waals surface area (Å²) in [6.45, 7) is 18.4. The van der Waals surface area contributed by atoms with Crippen molar-refractivity contribution in [1.29, 1.82) is 0 Å². The predicted molar refractivity (Wildman–Crippen MR) is 218 cm³/mol. The van der Waals surface area contributed by atoms with Crippen molar-refractivity contribution in [3.05, 3.63) is 155 Å². The summed E-state index contributed by atoms with van der Waals surface area (Å²) in [5.74, 6) is 3.74. The number of rotatable bonds is 6. The topological polar surface area (TPSA) is 30.8 Å². The van der Waals surface area contributed by atoms with Gasteiger partial charge in [0.2, 0.25) is 0 Å². The molecule has 5 heterocycles. The van der Waals surface area contributed by atoms with Gasteiger partial charge in [-0.05, 0) is 65.6 Å². The number of benzene rings is 5. The number of imidazole rings is 2. The Bertz CT molecular complexity index is 2780. The van der Waals surface area contributed by atoms with Gasteiger partial charge in [-0.1, -0.05) is 116 Å². The van der Waals surface area contributed by atoms with E-state index in [1.165, 1.54) is 72.9 Å². The predicted octanol–water partition coefficient (Wildman–Crippen LogP) is 11.5. The Kier molecular flexibility index (Phi) is 7.11. The van der Waals surface area contributed by atoms with Crippen molar-refractivity contribution in [3.63, 3.8) is 0 Å². The number of hydrogen-bond donors (Lipinski definition) is 0. The van der Waals surface area contributed by atoms with Gasteiger partial charge in [-0.3, -0.25) is 0 Å². The molecule has 2 aliphatic heterocycles. The van der Waals surface area contributed by atoms with Gasteiger partial charge in [-0.25, -0.2) is 0 Å². The van der Waals surface area contributed by atoms with E-state index in [1.54, 1.807) is 0 Å². The first kappa shape index (κ1) is 32.9. The second kappa shape index (κ2) is 11.7. The molecule has 3 aromatic heterocycles. The molecule has 5 aromatic carbocycles. The van der Waals surface area contributed by atoms with Crippen LogP contribution in [0.1, 0.15) is 112 Å². The standard InChI is InChI=1S/C49H48N4O/c1-29(2)33-19-15-20-34(30(3)4)44(33)50-24-26-52-47(50)35-16-9-12-21-40(35)49(52)41-22-13-10-17-36(41)48-51(25-27-53(48)49)45-38(31(5)6)28-39(32(7)8)46-43(45)37-18-11-14-23-42(37)54-46/h9-32H,1-8H3/q+2. The second-order valence-corrected chi connectivity index (χ2v) is 16.6. The Hall–Kier alpha value is -5.68. The van der Waals surface area contributed by atoms with E-state index >= 15 is 0 Å². The molecule has 5 heteroatoms. The summed E-state index contributed by atoms with van der Waals surface area (Å²) in [6.07, 6.45) is 9.25. The lowest BCUT2D eigenvalue weighted by molar-refractivity contribution is -0.954. The molecule has 5 nitrogen and oxygen atoms in total. The molecular weight excluding hydrogens is 661 g/mol. The zero-order valence-electron chi connectivity index (χ0n) is 32.6. The highest BCUT2D eigenvalue weighted by Crippen LogP contribution is 2.50. The van der Waals surface area contributed by atoms with Gasteiger partial charge in [0, 0.05) is 22.1 Å². The lowest BCUT2D eigenvalue weighted by Gasteiger charge is -2.21. The van der Waals surface area contributed by atoms with Gasteiger partial charge in [0.1, 0.15) is 47.3 Å². The zero-order valence-corrected chi connectivity index (χ0v) is 32.6. The molecule has 1 atom stereocenters. The first-order valence-electron chi connectivity index (χ1n) is 19.7. The number of furan rings is 1. The summed E-state index contributed by atoms with van der Waals surface area (Å²) < 4.78 is 16.8. The smallest absolute Gasteiger partial charge is 0.308 e.